The van der Waals surface area contributed by atoms with E-state index >= 15 is 0 Å². The van der Waals surface area contributed by atoms with Crippen molar-refractivity contribution in [1.82, 2.24) is 0 Å². The lowest BCUT2D eigenvalue weighted by atomic mass is 9.91. The van der Waals surface area contributed by atoms with Gasteiger partial charge in [-0.2, -0.15) is 0 Å². The van der Waals surface area contributed by atoms with Gasteiger partial charge in [0.15, 0.2) is 0 Å². The molecule has 0 spiro atoms. The molecule has 1 unspecified atom stereocenters. The number of hydrogen-bond donors (Lipinski definition) is 1. The summed E-state index contributed by atoms with van der Waals surface area (Å²) in [7, 11) is 0. The SMILES string of the molecule is CC1([N+](=O)[O-])C=CC(CN)=CC1. The average Bonchev–Trinajstić information content (AvgIpc) is 2.06. The van der Waals surface area contributed by atoms with E-state index < -0.39 is 5.54 Å². The number of rotatable bonds is 2. The van der Waals surface area contributed by atoms with Crippen LogP contribution in [-0.2, 0) is 0 Å². The summed E-state index contributed by atoms with van der Waals surface area (Å²) in [6.07, 6.45) is 5.59. The maximum atomic E-state index is 10.6. The van der Waals surface area contributed by atoms with Crippen LogP contribution in [0.1, 0.15) is 13.3 Å². The standard InChI is InChI=1S/C8H12N2O2/c1-8(10(11)12)4-2-7(6-9)3-5-8/h2-4H,5-6,9H2,1H3. The third kappa shape index (κ3) is 1.53. The molecule has 4 heteroatoms. The molecule has 2 N–H and O–H groups in total. The van der Waals surface area contributed by atoms with E-state index in [0.29, 0.717) is 13.0 Å². The minimum Gasteiger partial charge on any atom is -0.327 e. The minimum absolute atomic E-state index is 0.271. The zero-order chi connectivity index (χ0) is 9.19. The van der Waals surface area contributed by atoms with Gasteiger partial charge >= 0.3 is 0 Å². The van der Waals surface area contributed by atoms with Gasteiger partial charge in [-0.1, -0.05) is 12.2 Å². The van der Waals surface area contributed by atoms with E-state index in [2.05, 4.69) is 0 Å². The lowest BCUT2D eigenvalue weighted by Gasteiger charge is -2.18. The van der Waals surface area contributed by atoms with Crippen LogP contribution in [0.3, 0.4) is 0 Å². The topological polar surface area (TPSA) is 69.2 Å². The molecular weight excluding hydrogens is 156 g/mol. The monoisotopic (exact) mass is 168 g/mol. The van der Waals surface area contributed by atoms with Gasteiger partial charge in [-0.05, 0) is 11.6 Å². The normalized spacial score (nSPS) is 28.3. The van der Waals surface area contributed by atoms with Crippen molar-refractivity contribution in [2.45, 2.75) is 18.9 Å². The van der Waals surface area contributed by atoms with Gasteiger partial charge in [0.2, 0.25) is 5.54 Å². The van der Waals surface area contributed by atoms with Crippen molar-refractivity contribution < 1.29 is 4.92 Å². The van der Waals surface area contributed by atoms with Crippen molar-refractivity contribution in [3.05, 3.63) is 33.9 Å². The van der Waals surface area contributed by atoms with Crippen molar-refractivity contribution in [2.24, 2.45) is 5.73 Å². The number of nitro groups is 1. The molecule has 12 heavy (non-hydrogen) atoms. The molecule has 0 saturated carbocycles. The largest absolute Gasteiger partial charge is 0.327 e. The van der Waals surface area contributed by atoms with E-state index in [-0.39, 0.29) is 4.92 Å². The maximum Gasteiger partial charge on any atom is 0.241 e. The highest BCUT2D eigenvalue weighted by atomic mass is 16.6. The summed E-state index contributed by atoms with van der Waals surface area (Å²) in [5.74, 6) is 0. The second-order valence-corrected chi connectivity index (χ2v) is 3.13. The third-order valence-electron chi connectivity index (χ3n) is 2.09. The quantitative estimate of drug-likeness (QED) is 0.491. The van der Waals surface area contributed by atoms with Crippen molar-refractivity contribution in [1.29, 1.82) is 0 Å². The molecule has 0 radical (unpaired) electrons. The van der Waals surface area contributed by atoms with Gasteiger partial charge in [-0.25, -0.2) is 0 Å². The second-order valence-electron chi connectivity index (χ2n) is 3.13. The van der Waals surface area contributed by atoms with Gasteiger partial charge in [0.1, 0.15) is 0 Å². The molecule has 0 amide bonds. The van der Waals surface area contributed by atoms with Crippen LogP contribution < -0.4 is 5.73 Å². The summed E-state index contributed by atoms with van der Waals surface area (Å²) in [5.41, 5.74) is 5.41. The van der Waals surface area contributed by atoms with E-state index in [1.165, 1.54) is 0 Å². The predicted octanol–water partition coefficient (Wildman–Crippen LogP) is 0.867. The van der Waals surface area contributed by atoms with Gasteiger partial charge in [-0.15, -0.1) is 0 Å². The van der Waals surface area contributed by atoms with Crippen LogP contribution in [0, 0.1) is 10.1 Å². The summed E-state index contributed by atoms with van der Waals surface area (Å²) in [6.45, 7) is 2.05. The fraction of sp³-hybridized carbons (Fsp3) is 0.500. The lowest BCUT2D eigenvalue weighted by Crippen LogP contribution is -2.33. The fourth-order valence-corrected chi connectivity index (χ4v) is 1.05. The molecule has 0 aromatic carbocycles. The van der Waals surface area contributed by atoms with E-state index in [1.54, 1.807) is 19.1 Å². The zero-order valence-electron chi connectivity index (χ0n) is 6.99. The first kappa shape index (κ1) is 8.93. The van der Waals surface area contributed by atoms with Crippen LogP contribution in [0.25, 0.3) is 0 Å². The number of hydrogen-bond acceptors (Lipinski definition) is 3. The fourth-order valence-electron chi connectivity index (χ4n) is 1.05. The Bertz CT molecular complexity index is 258. The molecule has 4 nitrogen and oxygen atoms in total. The summed E-state index contributed by atoms with van der Waals surface area (Å²) in [5, 5.41) is 10.6. The molecule has 1 aliphatic rings. The second kappa shape index (κ2) is 3.06. The number of nitrogens with two attached hydrogens (primary N) is 1. The Kier molecular flexibility index (Phi) is 2.28. The van der Waals surface area contributed by atoms with Crippen molar-refractivity contribution in [3.63, 3.8) is 0 Å². The molecule has 1 atom stereocenters. The third-order valence-corrected chi connectivity index (χ3v) is 2.09. The molecule has 0 aromatic rings. The maximum absolute atomic E-state index is 10.6. The molecule has 1 aliphatic carbocycles. The van der Waals surface area contributed by atoms with Gasteiger partial charge in [0.25, 0.3) is 0 Å². The zero-order valence-corrected chi connectivity index (χ0v) is 6.99. The first-order valence-electron chi connectivity index (χ1n) is 3.81. The minimum atomic E-state index is -0.932. The van der Waals surface area contributed by atoms with E-state index in [9.17, 15) is 10.1 Å². The van der Waals surface area contributed by atoms with Crippen molar-refractivity contribution in [3.8, 4) is 0 Å². The van der Waals surface area contributed by atoms with Gasteiger partial charge in [-0.3, -0.25) is 10.1 Å². The lowest BCUT2D eigenvalue weighted by molar-refractivity contribution is -0.549. The first-order valence-corrected chi connectivity index (χ1v) is 3.81. The Morgan fingerprint density at radius 3 is 2.83 bits per heavy atom. The summed E-state index contributed by atoms with van der Waals surface area (Å²) >= 11 is 0. The average molecular weight is 168 g/mol. The molecule has 0 fully saturated rings. The Balaban J connectivity index is 2.76. The predicted molar refractivity (Wildman–Crippen MR) is 46.3 cm³/mol. The Labute approximate surface area is 70.9 Å². The smallest absolute Gasteiger partial charge is 0.241 e. The highest BCUT2D eigenvalue weighted by molar-refractivity contribution is 5.27. The number of nitrogens with zero attached hydrogens (tertiary/aromatic N) is 1. The van der Waals surface area contributed by atoms with Crippen molar-refractivity contribution in [2.75, 3.05) is 6.54 Å². The highest BCUT2D eigenvalue weighted by Crippen LogP contribution is 2.22. The summed E-state index contributed by atoms with van der Waals surface area (Å²) in [6, 6.07) is 0. The van der Waals surface area contributed by atoms with Crippen LogP contribution in [0.15, 0.2) is 23.8 Å². The molecule has 66 valence electrons. The van der Waals surface area contributed by atoms with Crippen LogP contribution in [0.5, 0.6) is 0 Å². The van der Waals surface area contributed by atoms with Crippen molar-refractivity contribution >= 4 is 0 Å². The van der Waals surface area contributed by atoms with Gasteiger partial charge in [0, 0.05) is 24.8 Å². The highest BCUT2D eigenvalue weighted by Gasteiger charge is 2.34. The van der Waals surface area contributed by atoms with Crippen LogP contribution in [-0.4, -0.2) is 17.0 Å². The van der Waals surface area contributed by atoms with Crippen LogP contribution in [0.2, 0.25) is 0 Å². The van der Waals surface area contributed by atoms with Crippen LogP contribution in [0.4, 0.5) is 0 Å². The molecule has 1 rings (SSSR count). The van der Waals surface area contributed by atoms with E-state index in [0.717, 1.165) is 5.57 Å². The Hall–Kier alpha value is -1.16. The first-order chi connectivity index (χ1) is 5.58. The Morgan fingerprint density at radius 1 is 1.83 bits per heavy atom. The molecule has 0 saturated heterocycles. The van der Waals surface area contributed by atoms with Gasteiger partial charge < -0.3 is 5.73 Å². The van der Waals surface area contributed by atoms with E-state index in [4.69, 9.17) is 5.73 Å². The van der Waals surface area contributed by atoms with Gasteiger partial charge in [0.05, 0.1) is 0 Å². The molecule has 0 aromatic heterocycles. The molecule has 0 heterocycles. The summed E-state index contributed by atoms with van der Waals surface area (Å²) in [4.78, 5) is 10.3. The molecule has 0 bridgehead atoms. The van der Waals surface area contributed by atoms with Crippen LogP contribution >= 0.6 is 0 Å². The molecule has 0 aliphatic heterocycles. The van der Waals surface area contributed by atoms with E-state index in [1.807, 2.05) is 6.08 Å². The Morgan fingerprint density at radius 2 is 2.50 bits per heavy atom. The molecular formula is C8H12N2O2. The summed E-state index contributed by atoms with van der Waals surface area (Å²) < 4.78 is 0.